The molecule has 1 aromatic heterocycles. The maximum atomic E-state index is 13.7. The highest BCUT2D eigenvalue weighted by atomic mass is 19.1. The molecule has 102 valence electrons. The zero-order chi connectivity index (χ0) is 13.2. The van der Waals surface area contributed by atoms with E-state index in [1.54, 1.807) is 12.3 Å². The van der Waals surface area contributed by atoms with Crippen LogP contribution in [0.15, 0.2) is 18.5 Å². The third-order valence-electron chi connectivity index (χ3n) is 3.51. The monoisotopic (exact) mass is 264 g/mol. The van der Waals surface area contributed by atoms with Crippen molar-refractivity contribution in [3.63, 3.8) is 0 Å². The minimum Gasteiger partial charge on any atom is -0.366 e. The SMILES string of the molecule is O=C(NC1CC1)[C@@H]1CN(c2ccncc2F)CCN1. The van der Waals surface area contributed by atoms with E-state index in [1.807, 2.05) is 4.90 Å². The summed E-state index contributed by atoms with van der Waals surface area (Å²) in [6, 6.07) is 1.72. The Balaban J connectivity index is 1.67. The molecule has 0 radical (unpaired) electrons. The van der Waals surface area contributed by atoms with Gasteiger partial charge in [-0.25, -0.2) is 4.39 Å². The predicted octanol–water partition coefficient (Wildman–Crippen LogP) is 0.277. The average molecular weight is 264 g/mol. The number of pyridine rings is 1. The molecule has 5 nitrogen and oxygen atoms in total. The number of aromatic nitrogens is 1. The van der Waals surface area contributed by atoms with Gasteiger partial charge in [-0.05, 0) is 18.9 Å². The molecule has 6 heteroatoms. The zero-order valence-corrected chi connectivity index (χ0v) is 10.6. The van der Waals surface area contributed by atoms with E-state index < -0.39 is 0 Å². The van der Waals surface area contributed by atoms with Gasteiger partial charge in [-0.2, -0.15) is 0 Å². The van der Waals surface area contributed by atoms with Crippen LogP contribution < -0.4 is 15.5 Å². The lowest BCUT2D eigenvalue weighted by Gasteiger charge is -2.34. The van der Waals surface area contributed by atoms with Crippen molar-refractivity contribution in [2.75, 3.05) is 24.5 Å². The van der Waals surface area contributed by atoms with E-state index in [0.29, 0.717) is 31.4 Å². The number of rotatable bonds is 3. The molecule has 1 saturated carbocycles. The van der Waals surface area contributed by atoms with Gasteiger partial charge < -0.3 is 15.5 Å². The van der Waals surface area contributed by atoms with E-state index in [0.717, 1.165) is 12.8 Å². The third kappa shape index (κ3) is 2.84. The van der Waals surface area contributed by atoms with E-state index in [4.69, 9.17) is 0 Å². The molecule has 1 aliphatic carbocycles. The predicted molar refractivity (Wildman–Crippen MR) is 69.4 cm³/mol. The van der Waals surface area contributed by atoms with Gasteiger partial charge in [0.25, 0.3) is 0 Å². The van der Waals surface area contributed by atoms with Crippen LogP contribution in [0.4, 0.5) is 10.1 Å². The Morgan fingerprint density at radius 2 is 2.37 bits per heavy atom. The Bertz CT molecular complexity index is 477. The average Bonchev–Trinajstić information content (AvgIpc) is 3.23. The molecular weight excluding hydrogens is 247 g/mol. The van der Waals surface area contributed by atoms with Gasteiger partial charge in [0, 0.05) is 31.9 Å². The molecule has 2 heterocycles. The normalized spacial score (nSPS) is 23.2. The number of nitrogens with one attached hydrogen (secondary N) is 2. The van der Waals surface area contributed by atoms with E-state index >= 15 is 0 Å². The number of anilines is 1. The number of halogens is 1. The number of nitrogens with zero attached hydrogens (tertiary/aromatic N) is 2. The first-order valence-electron chi connectivity index (χ1n) is 6.62. The van der Waals surface area contributed by atoms with Gasteiger partial charge in [-0.1, -0.05) is 0 Å². The first-order chi connectivity index (χ1) is 9.24. The van der Waals surface area contributed by atoms with Crippen molar-refractivity contribution in [1.29, 1.82) is 0 Å². The van der Waals surface area contributed by atoms with Crippen LogP contribution in [0.3, 0.4) is 0 Å². The van der Waals surface area contributed by atoms with Gasteiger partial charge in [0.2, 0.25) is 5.91 Å². The molecule has 1 atom stereocenters. The van der Waals surface area contributed by atoms with Gasteiger partial charge in [0.1, 0.15) is 6.04 Å². The Morgan fingerprint density at radius 1 is 1.53 bits per heavy atom. The number of hydrogen-bond acceptors (Lipinski definition) is 4. The van der Waals surface area contributed by atoms with E-state index in [2.05, 4.69) is 15.6 Å². The molecule has 2 N–H and O–H groups in total. The van der Waals surface area contributed by atoms with Crippen molar-refractivity contribution in [3.05, 3.63) is 24.3 Å². The minimum absolute atomic E-state index is 0.0154. The summed E-state index contributed by atoms with van der Waals surface area (Å²) in [7, 11) is 0. The smallest absolute Gasteiger partial charge is 0.239 e. The summed E-state index contributed by atoms with van der Waals surface area (Å²) >= 11 is 0. The zero-order valence-electron chi connectivity index (χ0n) is 10.6. The van der Waals surface area contributed by atoms with Crippen molar-refractivity contribution < 1.29 is 9.18 Å². The van der Waals surface area contributed by atoms with Crippen LogP contribution >= 0.6 is 0 Å². The van der Waals surface area contributed by atoms with Crippen LogP contribution in [0.2, 0.25) is 0 Å². The molecule has 2 aliphatic rings. The van der Waals surface area contributed by atoms with E-state index in [9.17, 15) is 9.18 Å². The van der Waals surface area contributed by atoms with E-state index in [-0.39, 0.29) is 17.8 Å². The van der Waals surface area contributed by atoms with Crippen molar-refractivity contribution in [2.45, 2.75) is 24.9 Å². The van der Waals surface area contributed by atoms with Gasteiger partial charge in [0.05, 0.1) is 11.9 Å². The molecule has 0 spiro atoms. The number of piperazine rings is 1. The Morgan fingerprint density at radius 3 is 3.11 bits per heavy atom. The molecule has 0 unspecified atom stereocenters. The summed E-state index contributed by atoms with van der Waals surface area (Å²) in [4.78, 5) is 17.6. The molecule has 2 fully saturated rings. The van der Waals surface area contributed by atoms with Crippen LogP contribution in [-0.4, -0.2) is 42.6 Å². The third-order valence-corrected chi connectivity index (χ3v) is 3.51. The molecule has 1 aromatic rings. The van der Waals surface area contributed by atoms with Gasteiger partial charge in [-0.15, -0.1) is 0 Å². The molecule has 1 amide bonds. The minimum atomic E-state index is -0.342. The Kier molecular flexibility index (Phi) is 3.33. The fourth-order valence-corrected chi connectivity index (χ4v) is 2.30. The largest absolute Gasteiger partial charge is 0.366 e. The maximum absolute atomic E-state index is 13.7. The van der Waals surface area contributed by atoms with Gasteiger partial charge >= 0.3 is 0 Å². The quantitative estimate of drug-likeness (QED) is 0.823. The lowest BCUT2D eigenvalue weighted by molar-refractivity contribution is -0.123. The molecule has 0 bridgehead atoms. The second-order valence-corrected chi connectivity index (χ2v) is 5.06. The van der Waals surface area contributed by atoms with Crippen molar-refractivity contribution >= 4 is 11.6 Å². The highest BCUT2D eigenvalue weighted by molar-refractivity contribution is 5.83. The summed E-state index contributed by atoms with van der Waals surface area (Å²) in [6.07, 6.45) is 4.92. The summed E-state index contributed by atoms with van der Waals surface area (Å²) in [5, 5.41) is 6.16. The van der Waals surface area contributed by atoms with Crippen molar-refractivity contribution in [3.8, 4) is 0 Å². The molecule has 3 rings (SSSR count). The van der Waals surface area contributed by atoms with Gasteiger partial charge in [-0.3, -0.25) is 9.78 Å². The fourth-order valence-electron chi connectivity index (χ4n) is 2.30. The Labute approximate surface area is 111 Å². The van der Waals surface area contributed by atoms with Gasteiger partial charge in [0.15, 0.2) is 5.82 Å². The summed E-state index contributed by atoms with van der Waals surface area (Å²) in [6.45, 7) is 1.85. The van der Waals surface area contributed by atoms with E-state index in [1.165, 1.54) is 6.20 Å². The van der Waals surface area contributed by atoms with Crippen LogP contribution in [-0.2, 0) is 4.79 Å². The second kappa shape index (κ2) is 5.13. The van der Waals surface area contributed by atoms with Crippen molar-refractivity contribution in [1.82, 2.24) is 15.6 Å². The van der Waals surface area contributed by atoms with Crippen LogP contribution in [0.25, 0.3) is 0 Å². The fraction of sp³-hybridized carbons (Fsp3) is 0.538. The highest BCUT2D eigenvalue weighted by Gasteiger charge is 2.30. The lowest BCUT2D eigenvalue weighted by atomic mass is 10.1. The lowest BCUT2D eigenvalue weighted by Crippen LogP contribution is -2.57. The van der Waals surface area contributed by atoms with Crippen molar-refractivity contribution in [2.24, 2.45) is 0 Å². The molecule has 1 aliphatic heterocycles. The summed E-state index contributed by atoms with van der Waals surface area (Å²) < 4.78 is 13.7. The second-order valence-electron chi connectivity index (χ2n) is 5.06. The number of hydrogen-bond donors (Lipinski definition) is 2. The Hall–Kier alpha value is -1.69. The molecule has 0 aromatic carbocycles. The first-order valence-corrected chi connectivity index (χ1v) is 6.62. The first kappa shape index (κ1) is 12.3. The number of amides is 1. The topological polar surface area (TPSA) is 57.3 Å². The van der Waals surface area contributed by atoms with Crippen LogP contribution in [0.5, 0.6) is 0 Å². The molecule has 19 heavy (non-hydrogen) atoms. The summed E-state index contributed by atoms with van der Waals surface area (Å²) in [5.41, 5.74) is 0.515. The molecular formula is C13H17FN4O. The number of carbonyl (C=O) groups excluding carboxylic acids is 1. The number of carbonyl (C=O) groups is 1. The highest BCUT2D eigenvalue weighted by Crippen LogP contribution is 2.21. The van der Waals surface area contributed by atoms with Crippen LogP contribution in [0.1, 0.15) is 12.8 Å². The van der Waals surface area contributed by atoms with Crippen LogP contribution in [0, 0.1) is 5.82 Å². The molecule has 1 saturated heterocycles. The summed E-state index contributed by atoms with van der Waals surface area (Å²) in [5.74, 6) is -0.326. The maximum Gasteiger partial charge on any atom is 0.239 e. The standard InChI is InChI=1S/C13H17FN4O/c14-10-7-15-4-3-12(10)18-6-5-16-11(8-18)13(19)17-9-1-2-9/h3-4,7,9,11,16H,1-2,5-6,8H2,(H,17,19)/t11-/m0/s1.